The summed E-state index contributed by atoms with van der Waals surface area (Å²) in [6, 6.07) is 8.90. The number of carbonyl (C=O) groups is 3. The van der Waals surface area contributed by atoms with Crippen molar-refractivity contribution in [2.24, 2.45) is 0 Å². The third-order valence-corrected chi connectivity index (χ3v) is 4.41. The first-order valence-electron chi connectivity index (χ1n) is 8.78. The van der Waals surface area contributed by atoms with Crippen molar-refractivity contribution in [3.63, 3.8) is 0 Å². The Hall–Kier alpha value is -3.56. The average molecular weight is 422 g/mol. The van der Waals surface area contributed by atoms with Crippen molar-refractivity contribution in [3.8, 4) is 5.75 Å². The number of nitrogens with one attached hydrogen (secondary N) is 1. The maximum atomic E-state index is 12.9. The minimum atomic E-state index is -4.61. The van der Waals surface area contributed by atoms with Gasteiger partial charge >= 0.3 is 12.1 Å². The summed E-state index contributed by atoms with van der Waals surface area (Å²) in [6.07, 6.45) is -5.91. The normalized spacial score (nSPS) is 14.4. The van der Waals surface area contributed by atoms with E-state index < -0.39 is 42.2 Å². The second kappa shape index (κ2) is 8.05. The van der Waals surface area contributed by atoms with Crippen molar-refractivity contribution < 1.29 is 37.0 Å². The number of hydrogen-bond donors (Lipinski definition) is 1. The van der Waals surface area contributed by atoms with Gasteiger partial charge in [-0.1, -0.05) is 12.1 Å². The minimum absolute atomic E-state index is 0.0767. The Morgan fingerprint density at radius 1 is 1.17 bits per heavy atom. The van der Waals surface area contributed by atoms with Crippen LogP contribution in [0.3, 0.4) is 0 Å². The zero-order chi connectivity index (χ0) is 22.1. The summed E-state index contributed by atoms with van der Waals surface area (Å²) in [4.78, 5) is 38.2. The Balaban J connectivity index is 1.83. The third-order valence-electron chi connectivity index (χ3n) is 4.41. The van der Waals surface area contributed by atoms with Crippen LogP contribution in [0.4, 0.5) is 24.5 Å². The lowest BCUT2D eigenvalue weighted by molar-refractivity contribution is -0.137. The fraction of sp³-hybridized carbons (Fsp3) is 0.250. The Kier molecular flexibility index (Phi) is 5.68. The fourth-order valence-corrected chi connectivity index (χ4v) is 2.97. The lowest BCUT2D eigenvalue weighted by Gasteiger charge is -2.31. The molecule has 0 bridgehead atoms. The summed E-state index contributed by atoms with van der Waals surface area (Å²) < 4.78 is 49.1. The van der Waals surface area contributed by atoms with Crippen LogP contribution in [0, 0.1) is 0 Å². The van der Waals surface area contributed by atoms with Crippen LogP contribution < -0.4 is 15.0 Å². The predicted molar refractivity (Wildman–Crippen MR) is 100 cm³/mol. The molecule has 0 saturated carbocycles. The molecule has 0 aromatic heterocycles. The Morgan fingerprint density at radius 3 is 2.53 bits per heavy atom. The molecule has 1 unspecified atom stereocenters. The second-order valence-corrected chi connectivity index (χ2v) is 6.45. The molecule has 158 valence electrons. The second-order valence-electron chi connectivity index (χ2n) is 6.45. The predicted octanol–water partition coefficient (Wildman–Crippen LogP) is 3.24. The first kappa shape index (κ1) is 21.2. The number of anilines is 2. The van der Waals surface area contributed by atoms with Gasteiger partial charge in [0.05, 0.1) is 24.0 Å². The smallest absolute Gasteiger partial charge is 0.416 e. The van der Waals surface area contributed by atoms with Crippen molar-refractivity contribution in [2.45, 2.75) is 19.2 Å². The summed E-state index contributed by atoms with van der Waals surface area (Å²) >= 11 is 0. The van der Waals surface area contributed by atoms with Gasteiger partial charge in [-0.05, 0) is 37.3 Å². The topological polar surface area (TPSA) is 84.9 Å². The lowest BCUT2D eigenvalue weighted by Crippen LogP contribution is -2.47. The van der Waals surface area contributed by atoms with E-state index in [2.05, 4.69) is 5.32 Å². The molecule has 2 amide bonds. The van der Waals surface area contributed by atoms with Crippen molar-refractivity contribution in [1.29, 1.82) is 0 Å². The Morgan fingerprint density at radius 2 is 1.87 bits per heavy atom. The summed E-state index contributed by atoms with van der Waals surface area (Å²) in [6.45, 7) is 0.889. The minimum Gasteiger partial charge on any atom is -0.496 e. The first-order chi connectivity index (χ1) is 14.1. The molecule has 0 saturated heterocycles. The van der Waals surface area contributed by atoms with Crippen LogP contribution in [0.1, 0.15) is 22.8 Å². The number of hydrogen-bond acceptors (Lipinski definition) is 5. The highest BCUT2D eigenvalue weighted by Crippen LogP contribution is 2.37. The molecule has 1 aliphatic rings. The van der Waals surface area contributed by atoms with E-state index in [1.165, 1.54) is 20.1 Å². The van der Waals surface area contributed by atoms with Crippen molar-refractivity contribution in [2.75, 3.05) is 23.9 Å². The molecule has 3 rings (SSSR count). The van der Waals surface area contributed by atoms with Crippen LogP contribution in [-0.4, -0.2) is 37.5 Å². The number of nitrogens with zero attached hydrogens (tertiary/aromatic N) is 1. The molecule has 7 nitrogen and oxygen atoms in total. The van der Waals surface area contributed by atoms with Gasteiger partial charge in [-0.15, -0.1) is 0 Å². The lowest BCUT2D eigenvalue weighted by atomic mass is 10.1. The number of carbonyl (C=O) groups excluding carboxylic acids is 3. The van der Waals surface area contributed by atoms with E-state index in [0.717, 1.165) is 23.1 Å². The molecule has 1 heterocycles. The number of fused-ring (bicyclic) bond motifs is 1. The number of benzene rings is 2. The number of alkyl halides is 3. The van der Waals surface area contributed by atoms with Crippen LogP contribution >= 0.6 is 0 Å². The van der Waals surface area contributed by atoms with E-state index in [9.17, 15) is 27.6 Å². The van der Waals surface area contributed by atoms with Gasteiger partial charge in [0.25, 0.3) is 5.91 Å². The van der Waals surface area contributed by atoms with Gasteiger partial charge in [0.15, 0.2) is 6.10 Å². The van der Waals surface area contributed by atoms with Crippen LogP contribution in [0.15, 0.2) is 42.5 Å². The SMILES string of the molecule is COc1ccccc1C(=O)OC(C)C(=O)N1CC(=O)Nc2cc(C(F)(F)F)ccc21. The molecule has 30 heavy (non-hydrogen) atoms. The molecule has 0 fully saturated rings. The summed E-state index contributed by atoms with van der Waals surface area (Å²) in [5.74, 6) is -1.99. The van der Waals surface area contributed by atoms with Gasteiger partial charge in [0, 0.05) is 0 Å². The number of halogens is 3. The van der Waals surface area contributed by atoms with Gasteiger partial charge in [0.1, 0.15) is 17.9 Å². The van der Waals surface area contributed by atoms with Gasteiger partial charge in [-0.3, -0.25) is 14.5 Å². The highest BCUT2D eigenvalue weighted by Gasteiger charge is 2.35. The number of methoxy groups -OCH3 is 1. The molecular weight excluding hydrogens is 405 g/mol. The molecule has 0 spiro atoms. The number of rotatable bonds is 4. The molecule has 2 aromatic carbocycles. The van der Waals surface area contributed by atoms with Crippen LogP contribution in [0.5, 0.6) is 5.75 Å². The molecule has 0 aliphatic carbocycles. The number of amides is 2. The molecule has 1 aliphatic heterocycles. The molecule has 0 radical (unpaired) electrons. The van der Waals surface area contributed by atoms with Crippen molar-refractivity contribution in [1.82, 2.24) is 0 Å². The van der Waals surface area contributed by atoms with Crippen molar-refractivity contribution in [3.05, 3.63) is 53.6 Å². The molecule has 1 atom stereocenters. The monoisotopic (exact) mass is 422 g/mol. The molecule has 2 aromatic rings. The van der Waals surface area contributed by atoms with Crippen LogP contribution in [0.25, 0.3) is 0 Å². The van der Waals surface area contributed by atoms with E-state index in [1.807, 2.05) is 0 Å². The molecular formula is C20H17F3N2O5. The molecule has 10 heteroatoms. The van der Waals surface area contributed by atoms with Crippen LogP contribution in [0.2, 0.25) is 0 Å². The maximum absolute atomic E-state index is 12.9. The number of para-hydroxylation sites is 1. The van der Waals surface area contributed by atoms with E-state index in [4.69, 9.17) is 9.47 Å². The standard InChI is InChI=1S/C20H17F3N2O5/c1-11(30-19(28)13-5-3-4-6-16(13)29-2)18(27)25-10-17(26)24-14-9-12(20(21,22)23)7-8-15(14)25/h3-9,11H,10H2,1-2H3,(H,24,26). The number of ether oxygens (including phenoxy) is 2. The maximum Gasteiger partial charge on any atom is 0.416 e. The Bertz CT molecular complexity index is 1010. The Labute approximate surface area is 169 Å². The van der Waals surface area contributed by atoms with Gasteiger partial charge in [0.2, 0.25) is 5.91 Å². The summed E-state index contributed by atoms with van der Waals surface area (Å²) in [5.41, 5.74) is -0.941. The van der Waals surface area contributed by atoms with E-state index in [1.54, 1.807) is 18.2 Å². The largest absolute Gasteiger partial charge is 0.496 e. The average Bonchev–Trinajstić information content (AvgIpc) is 2.71. The zero-order valence-corrected chi connectivity index (χ0v) is 15.9. The fourth-order valence-electron chi connectivity index (χ4n) is 2.97. The first-order valence-corrected chi connectivity index (χ1v) is 8.78. The van der Waals surface area contributed by atoms with Gasteiger partial charge < -0.3 is 14.8 Å². The van der Waals surface area contributed by atoms with E-state index in [-0.39, 0.29) is 22.7 Å². The van der Waals surface area contributed by atoms with E-state index in [0.29, 0.717) is 0 Å². The van der Waals surface area contributed by atoms with Gasteiger partial charge in [-0.25, -0.2) is 4.79 Å². The van der Waals surface area contributed by atoms with Gasteiger partial charge in [-0.2, -0.15) is 13.2 Å². The summed E-state index contributed by atoms with van der Waals surface area (Å²) in [7, 11) is 1.37. The number of esters is 1. The quantitative estimate of drug-likeness (QED) is 0.765. The zero-order valence-electron chi connectivity index (χ0n) is 15.9. The highest BCUT2D eigenvalue weighted by atomic mass is 19.4. The van der Waals surface area contributed by atoms with Crippen LogP contribution in [-0.2, 0) is 20.5 Å². The molecule has 1 N–H and O–H groups in total. The van der Waals surface area contributed by atoms with E-state index >= 15 is 0 Å². The van der Waals surface area contributed by atoms with Crippen molar-refractivity contribution >= 4 is 29.2 Å². The summed E-state index contributed by atoms with van der Waals surface area (Å²) in [5, 5.41) is 2.32. The highest BCUT2D eigenvalue weighted by molar-refractivity contribution is 6.11. The third kappa shape index (κ3) is 4.22.